The van der Waals surface area contributed by atoms with Gasteiger partial charge in [-0.3, -0.25) is 5.41 Å². The molecule has 58 valence electrons. The van der Waals surface area contributed by atoms with Crippen LogP contribution >= 0.6 is 34.0 Å². The summed E-state index contributed by atoms with van der Waals surface area (Å²) in [5.74, 6) is 0.0718. The van der Waals surface area contributed by atoms with E-state index in [4.69, 9.17) is 16.9 Å². The van der Waals surface area contributed by atoms with E-state index in [-0.39, 0.29) is 45.8 Å². The largest absolute Gasteiger partial charge is 0.386 e. The summed E-state index contributed by atoms with van der Waals surface area (Å²) >= 11 is 0. The van der Waals surface area contributed by atoms with Crippen molar-refractivity contribution in [2.75, 3.05) is 0 Å². The molecule has 3 nitrogen and oxygen atoms in total. The third kappa shape index (κ3) is 8.39. The molecule has 0 fully saturated rings. The standard InChI is InChI=1S/C4H11N3.2BrH/c1-2-3(5)4(6)7;;/h3H,2,5H2,1H3,(H3,6,7);2*1H. The fraction of sp³-hybridized carbons (Fsp3) is 0.750. The van der Waals surface area contributed by atoms with Crippen molar-refractivity contribution < 1.29 is 0 Å². The minimum absolute atomic E-state index is 0. The Hall–Kier alpha value is 0.390. The molecule has 0 spiro atoms. The molecule has 0 saturated heterocycles. The number of rotatable bonds is 2. The van der Waals surface area contributed by atoms with Crippen molar-refractivity contribution >= 4 is 39.8 Å². The summed E-state index contributed by atoms with van der Waals surface area (Å²) in [4.78, 5) is 0. The van der Waals surface area contributed by atoms with Crippen LogP contribution in [0.1, 0.15) is 13.3 Å². The van der Waals surface area contributed by atoms with Gasteiger partial charge in [-0.15, -0.1) is 34.0 Å². The van der Waals surface area contributed by atoms with Crippen molar-refractivity contribution in [3.8, 4) is 0 Å². The molecule has 1 atom stereocenters. The van der Waals surface area contributed by atoms with Gasteiger partial charge in [0.1, 0.15) is 5.84 Å². The Morgan fingerprint density at radius 2 is 1.89 bits per heavy atom. The van der Waals surface area contributed by atoms with Gasteiger partial charge in [0, 0.05) is 0 Å². The average molecular weight is 263 g/mol. The lowest BCUT2D eigenvalue weighted by Crippen LogP contribution is -2.34. The zero-order valence-electron chi connectivity index (χ0n) is 5.26. The van der Waals surface area contributed by atoms with E-state index in [0.717, 1.165) is 6.42 Å². The summed E-state index contributed by atoms with van der Waals surface area (Å²) in [6.07, 6.45) is 0.745. The second-order valence-electron chi connectivity index (χ2n) is 1.47. The van der Waals surface area contributed by atoms with Crippen LogP contribution in [0.2, 0.25) is 0 Å². The van der Waals surface area contributed by atoms with E-state index in [1.54, 1.807) is 0 Å². The Morgan fingerprint density at radius 3 is 1.89 bits per heavy atom. The summed E-state index contributed by atoms with van der Waals surface area (Å²) in [7, 11) is 0. The first-order valence-electron chi connectivity index (χ1n) is 2.28. The van der Waals surface area contributed by atoms with Crippen molar-refractivity contribution in [3.05, 3.63) is 0 Å². The predicted octanol–water partition coefficient (Wildman–Crippen LogP) is 0.815. The van der Waals surface area contributed by atoms with Crippen LogP contribution in [0.5, 0.6) is 0 Å². The van der Waals surface area contributed by atoms with Gasteiger partial charge in [-0.25, -0.2) is 0 Å². The highest BCUT2D eigenvalue weighted by atomic mass is 79.9. The Labute approximate surface area is 76.2 Å². The summed E-state index contributed by atoms with van der Waals surface area (Å²) in [5, 5.41) is 6.75. The monoisotopic (exact) mass is 261 g/mol. The molecule has 9 heavy (non-hydrogen) atoms. The van der Waals surface area contributed by atoms with Gasteiger partial charge in [0.15, 0.2) is 0 Å². The van der Waals surface area contributed by atoms with E-state index in [1.165, 1.54) is 0 Å². The Kier molecular flexibility index (Phi) is 15.1. The molecule has 0 aliphatic rings. The van der Waals surface area contributed by atoms with Crippen LogP contribution < -0.4 is 11.5 Å². The van der Waals surface area contributed by atoms with Crippen LogP contribution in [0.15, 0.2) is 0 Å². The highest BCUT2D eigenvalue weighted by molar-refractivity contribution is 8.93. The summed E-state index contributed by atoms with van der Waals surface area (Å²) in [6, 6.07) is -0.236. The number of hydrogen-bond donors (Lipinski definition) is 3. The van der Waals surface area contributed by atoms with Crippen LogP contribution in [0, 0.1) is 5.41 Å². The molecule has 0 radical (unpaired) electrons. The number of nitrogens with one attached hydrogen (secondary N) is 1. The number of amidine groups is 1. The molecule has 0 aliphatic carbocycles. The normalized spacial score (nSPS) is 10.4. The van der Waals surface area contributed by atoms with E-state index in [2.05, 4.69) is 0 Å². The van der Waals surface area contributed by atoms with Gasteiger partial charge in [0.05, 0.1) is 6.04 Å². The highest BCUT2D eigenvalue weighted by Gasteiger charge is 1.98. The molecule has 0 aromatic heterocycles. The van der Waals surface area contributed by atoms with Crippen LogP contribution in [0.3, 0.4) is 0 Å². The van der Waals surface area contributed by atoms with Gasteiger partial charge < -0.3 is 11.5 Å². The van der Waals surface area contributed by atoms with Crippen molar-refractivity contribution in [1.82, 2.24) is 0 Å². The van der Waals surface area contributed by atoms with Crippen molar-refractivity contribution in [3.63, 3.8) is 0 Å². The van der Waals surface area contributed by atoms with E-state index >= 15 is 0 Å². The fourth-order valence-corrected chi connectivity index (χ4v) is 0.220. The highest BCUT2D eigenvalue weighted by Crippen LogP contribution is 1.80. The zero-order chi connectivity index (χ0) is 5.86. The summed E-state index contributed by atoms with van der Waals surface area (Å²) in [6.45, 7) is 1.89. The summed E-state index contributed by atoms with van der Waals surface area (Å²) < 4.78 is 0. The van der Waals surface area contributed by atoms with E-state index < -0.39 is 0 Å². The van der Waals surface area contributed by atoms with Gasteiger partial charge in [0.2, 0.25) is 0 Å². The molecule has 0 bridgehead atoms. The van der Waals surface area contributed by atoms with Crippen LogP contribution in [0.25, 0.3) is 0 Å². The lowest BCUT2D eigenvalue weighted by molar-refractivity contribution is 0.807. The Bertz CT molecular complexity index is 76.2. The van der Waals surface area contributed by atoms with Gasteiger partial charge in [-0.1, -0.05) is 6.92 Å². The average Bonchev–Trinajstić information content (AvgIpc) is 1.65. The number of hydrogen-bond acceptors (Lipinski definition) is 2. The molecular formula is C4H13Br2N3. The van der Waals surface area contributed by atoms with Gasteiger partial charge in [-0.05, 0) is 6.42 Å². The number of nitrogens with two attached hydrogens (primary N) is 2. The molecular weight excluding hydrogens is 250 g/mol. The lowest BCUT2D eigenvalue weighted by Gasteiger charge is -2.02. The quantitative estimate of drug-likeness (QED) is 0.509. The molecule has 5 N–H and O–H groups in total. The van der Waals surface area contributed by atoms with Crippen LogP contribution in [0.4, 0.5) is 0 Å². The van der Waals surface area contributed by atoms with Gasteiger partial charge in [0.25, 0.3) is 0 Å². The molecule has 0 aromatic rings. The molecule has 0 rings (SSSR count). The third-order valence-electron chi connectivity index (χ3n) is 0.839. The molecule has 0 amide bonds. The topological polar surface area (TPSA) is 75.9 Å². The third-order valence-corrected chi connectivity index (χ3v) is 0.839. The van der Waals surface area contributed by atoms with Crippen molar-refractivity contribution in [2.24, 2.45) is 11.5 Å². The van der Waals surface area contributed by atoms with E-state index in [9.17, 15) is 0 Å². The second-order valence-corrected chi connectivity index (χ2v) is 1.47. The molecule has 0 aromatic carbocycles. The molecule has 0 heterocycles. The first-order chi connectivity index (χ1) is 3.18. The molecule has 1 unspecified atom stereocenters. The van der Waals surface area contributed by atoms with Crippen molar-refractivity contribution in [2.45, 2.75) is 19.4 Å². The molecule has 5 heteroatoms. The number of halogens is 2. The smallest absolute Gasteiger partial charge is 0.108 e. The second kappa shape index (κ2) is 8.39. The SMILES string of the molecule is Br.Br.CCC(N)C(=N)N. The van der Waals surface area contributed by atoms with Crippen LogP contribution in [-0.4, -0.2) is 11.9 Å². The minimum Gasteiger partial charge on any atom is -0.386 e. The van der Waals surface area contributed by atoms with E-state index in [0.29, 0.717) is 0 Å². The zero-order valence-corrected chi connectivity index (χ0v) is 8.68. The predicted molar refractivity (Wildman–Crippen MR) is 50.8 cm³/mol. The molecule has 0 saturated carbocycles. The molecule has 0 aliphatic heterocycles. The fourth-order valence-electron chi connectivity index (χ4n) is 0.220. The maximum Gasteiger partial charge on any atom is 0.108 e. The van der Waals surface area contributed by atoms with Gasteiger partial charge >= 0.3 is 0 Å². The first-order valence-corrected chi connectivity index (χ1v) is 2.28. The van der Waals surface area contributed by atoms with Crippen molar-refractivity contribution in [1.29, 1.82) is 5.41 Å². The van der Waals surface area contributed by atoms with Crippen LogP contribution in [-0.2, 0) is 0 Å². The maximum atomic E-state index is 6.75. The van der Waals surface area contributed by atoms with Gasteiger partial charge in [-0.2, -0.15) is 0 Å². The Morgan fingerprint density at radius 1 is 1.56 bits per heavy atom. The first kappa shape index (κ1) is 16.2. The lowest BCUT2D eigenvalue weighted by atomic mass is 10.2. The maximum absolute atomic E-state index is 6.75. The van der Waals surface area contributed by atoms with E-state index in [1.807, 2.05) is 6.92 Å². The Balaban J connectivity index is -0.000000180. The minimum atomic E-state index is -0.236. The summed E-state index contributed by atoms with van der Waals surface area (Å²) in [5.41, 5.74) is 10.3.